The minimum Gasteiger partial charge on any atom is -0.493 e. The molecule has 0 bridgehead atoms. The van der Waals surface area contributed by atoms with E-state index in [0.717, 1.165) is 11.1 Å². The van der Waals surface area contributed by atoms with Gasteiger partial charge in [0.2, 0.25) is 0 Å². The number of fused-ring (bicyclic) bond motifs is 1. The summed E-state index contributed by atoms with van der Waals surface area (Å²) in [5.74, 6) is -0.162. The lowest BCUT2D eigenvalue weighted by Gasteiger charge is -2.35. The van der Waals surface area contributed by atoms with Crippen molar-refractivity contribution in [2.75, 3.05) is 6.61 Å². The van der Waals surface area contributed by atoms with Gasteiger partial charge in [0.1, 0.15) is 11.2 Å². The Labute approximate surface area is 111 Å². The second-order valence-electron chi connectivity index (χ2n) is 4.61. The van der Waals surface area contributed by atoms with Gasteiger partial charge in [0.05, 0.1) is 6.61 Å². The van der Waals surface area contributed by atoms with Crippen molar-refractivity contribution in [1.29, 1.82) is 0 Å². The third-order valence-electron chi connectivity index (χ3n) is 3.37. The maximum atomic E-state index is 11.8. The first-order chi connectivity index (χ1) is 8.60. The van der Waals surface area contributed by atoms with Gasteiger partial charge in [-0.3, -0.25) is 4.79 Å². The van der Waals surface area contributed by atoms with E-state index in [-0.39, 0.29) is 0 Å². The Morgan fingerprint density at radius 3 is 2.94 bits per heavy atom. The summed E-state index contributed by atoms with van der Waals surface area (Å²) < 4.78 is 5.53. The van der Waals surface area contributed by atoms with Crippen LogP contribution in [0.15, 0.2) is 35.4 Å². The first kappa shape index (κ1) is 13.0. The molecule has 0 aromatic heterocycles. The third kappa shape index (κ3) is 2.10. The average Bonchev–Trinajstić information content (AvgIpc) is 2.38. The SMILES string of the molecule is C/C(=C/Cl)CC1(C(=O)O)CCOc2ccccc21. The van der Waals surface area contributed by atoms with Crippen molar-refractivity contribution in [2.24, 2.45) is 0 Å². The van der Waals surface area contributed by atoms with Crippen molar-refractivity contribution < 1.29 is 14.6 Å². The van der Waals surface area contributed by atoms with E-state index in [1.165, 1.54) is 5.54 Å². The number of carboxylic acids is 1. The van der Waals surface area contributed by atoms with Gasteiger partial charge < -0.3 is 9.84 Å². The molecule has 0 radical (unpaired) electrons. The van der Waals surface area contributed by atoms with E-state index in [2.05, 4.69) is 0 Å². The molecule has 4 heteroatoms. The van der Waals surface area contributed by atoms with Crippen LogP contribution in [0.25, 0.3) is 0 Å². The maximum Gasteiger partial charge on any atom is 0.314 e. The Bertz CT molecular complexity index is 496. The highest BCUT2D eigenvalue weighted by Crippen LogP contribution is 2.43. The third-order valence-corrected chi connectivity index (χ3v) is 3.74. The fourth-order valence-corrected chi connectivity index (χ4v) is 2.53. The van der Waals surface area contributed by atoms with E-state index in [1.54, 1.807) is 0 Å². The number of hydrogen-bond donors (Lipinski definition) is 1. The Hall–Kier alpha value is -1.48. The summed E-state index contributed by atoms with van der Waals surface area (Å²) in [6, 6.07) is 7.32. The lowest BCUT2D eigenvalue weighted by Crippen LogP contribution is -2.40. The number of aliphatic carboxylic acids is 1. The highest BCUT2D eigenvalue weighted by molar-refractivity contribution is 6.25. The van der Waals surface area contributed by atoms with Gasteiger partial charge >= 0.3 is 5.97 Å². The molecule has 0 saturated carbocycles. The molecule has 1 N–H and O–H groups in total. The fraction of sp³-hybridized carbons (Fsp3) is 0.357. The molecule has 0 spiro atoms. The summed E-state index contributed by atoms with van der Waals surface area (Å²) in [5.41, 5.74) is 2.12. The zero-order valence-electron chi connectivity index (χ0n) is 10.1. The zero-order valence-corrected chi connectivity index (χ0v) is 10.9. The minimum absolute atomic E-state index is 0.409. The van der Waals surface area contributed by atoms with Crippen molar-refractivity contribution in [3.8, 4) is 5.75 Å². The predicted molar refractivity (Wildman–Crippen MR) is 70.1 cm³/mol. The van der Waals surface area contributed by atoms with E-state index in [9.17, 15) is 9.90 Å². The van der Waals surface area contributed by atoms with E-state index in [1.807, 2.05) is 31.2 Å². The van der Waals surface area contributed by atoms with E-state index >= 15 is 0 Å². The quantitative estimate of drug-likeness (QED) is 0.913. The molecule has 0 aliphatic carbocycles. The summed E-state index contributed by atoms with van der Waals surface area (Å²) in [4.78, 5) is 11.8. The summed E-state index contributed by atoms with van der Waals surface area (Å²) in [6.07, 6.45) is 0.869. The molecular weight excluding hydrogens is 252 g/mol. The minimum atomic E-state index is -0.926. The molecule has 1 atom stereocenters. The van der Waals surface area contributed by atoms with Crippen LogP contribution in [0.4, 0.5) is 0 Å². The molecule has 1 aromatic carbocycles. The van der Waals surface area contributed by atoms with Crippen molar-refractivity contribution in [2.45, 2.75) is 25.2 Å². The Kier molecular flexibility index (Phi) is 3.62. The van der Waals surface area contributed by atoms with Crippen LogP contribution in [0.2, 0.25) is 0 Å². The molecule has 0 amide bonds. The van der Waals surface area contributed by atoms with Crippen LogP contribution in [-0.4, -0.2) is 17.7 Å². The van der Waals surface area contributed by atoms with Gasteiger partial charge in [-0.2, -0.15) is 0 Å². The van der Waals surface area contributed by atoms with Crippen molar-refractivity contribution in [1.82, 2.24) is 0 Å². The predicted octanol–water partition coefficient (Wildman–Crippen LogP) is 3.32. The number of halogens is 1. The normalized spacial score (nSPS) is 23.1. The second-order valence-corrected chi connectivity index (χ2v) is 4.83. The van der Waals surface area contributed by atoms with Gasteiger partial charge in [-0.1, -0.05) is 35.4 Å². The lowest BCUT2D eigenvalue weighted by molar-refractivity contribution is -0.145. The molecule has 1 aromatic rings. The molecule has 0 fully saturated rings. The number of para-hydroxylation sites is 1. The van der Waals surface area contributed by atoms with Crippen LogP contribution in [0.1, 0.15) is 25.3 Å². The van der Waals surface area contributed by atoms with Crippen LogP contribution in [-0.2, 0) is 10.2 Å². The maximum absolute atomic E-state index is 11.8. The molecule has 0 saturated heterocycles. The molecule has 3 nitrogen and oxygen atoms in total. The first-order valence-corrected chi connectivity index (χ1v) is 6.25. The van der Waals surface area contributed by atoms with Crippen LogP contribution < -0.4 is 4.74 Å². The van der Waals surface area contributed by atoms with Crippen molar-refractivity contribution >= 4 is 17.6 Å². The van der Waals surface area contributed by atoms with Crippen LogP contribution in [0.3, 0.4) is 0 Å². The molecule has 1 heterocycles. The number of ether oxygens (including phenoxy) is 1. The molecule has 18 heavy (non-hydrogen) atoms. The number of benzene rings is 1. The van der Waals surface area contributed by atoms with Crippen molar-refractivity contribution in [3.63, 3.8) is 0 Å². The summed E-state index contributed by atoms with van der Waals surface area (Å²) in [5, 5.41) is 9.65. The molecule has 1 aliphatic rings. The van der Waals surface area contributed by atoms with Gasteiger partial charge in [0.25, 0.3) is 0 Å². The molecule has 2 rings (SSSR count). The number of carboxylic acid groups (broad SMARTS) is 1. The largest absolute Gasteiger partial charge is 0.493 e. The van der Waals surface area contributed by atoms with E-state index in [4.69, 9.17) is 16.3 Å². The fourth-order valence-electron chi connectivity index (χ4n) is 2.45. The Morgan fingerprint density at radius 2 is 2.28 bits per heavy atom. The molecule has 1 aliphatic heterocycles. The standard InChI is InChI=1S/C14H15ClO3/c1-10(9-15)8-14(13(16)17)6-7-18-12-5-3-2-4-11(12)14/h2-5,9H,6-8H2,1H3,(H,16,17)/b10-9-. The lowest BCUT2D eigenvalue weighted by atomic mass is 9.72. The number of rotatable bonds is 3. The Morgan fingerprint density at radius 1 is 1.56 bits per heavy atom. The molecule has 1 unspecified atom stereocenters. The van der Waals surface area contributed by atoms with Gasteiger partial charge in [-0.05, 0) is 19.4 Å². The van der Waals surface area contributed by atoms with Gasteiger partial charge in [0, 0.05) is 17.5 Å². The van der Waals surface area contributed by atoms with Crippen molar-refractivity contribution in [3.05, 3.63) is 40.9 Å². The van der Waals surface area contributed by atoms with E-state index < -0.39 is 11.4 Å². The summed E-state index contributed by atoms with van der Waals surface area (Å²) in [6.45, 7) is 2.26. The smallest absolute Gasteiger partial charge is 0.314 e. The average molecular weight is 267 g/mol. The number of hydrogen-bond acceptors (Lipinski definition) is 2. The van der Waals surface area contributed by atoms with Gasteiger partial charge in [0.15, 0.2) is 0 Å². The number of carbonyl (C=O) groups is 1. The van der Waals surface area contributed by atoms with Crippen LogP contribution in [0, 0.1) is 0 Å². The van der Waals surface area contributed by atoms with Gasteiger partial charge in [-0.15, -0.1) is 0 Å². The molecule has 96 valence electrons. The van der Waals surface area contributed by atoms with Gasteiger partial charge in [-0.25, -0.2) is 0 Å². The zero-order chi connectivity index (χ0) is 13.2. The van der Waals surface area contributed by atoms with Crippen LogP contribution in [0.5, 0.6) is 5.75 Å². The number of allylic oxidation sites excluding steroid dienone is 1. The second kappa shape index (κ2) is 5.02. The highest BCUT2D eigenvalue weighted by Gasteiger charge is 2.44. The van der Waals surface area contributed by atoms with E-state index in [0.29, 0.717) is 25.2 Å². The summed E-state index contributed by atoms with van der Waals surface area (Å²) in [7, 11) is 0. The highest BCUT2D eigenvalue weighted by atomic mass is 35.5. The summed E-state index contributed by atoms with van der Waals surface area (Å²) >= 11 is 5.68. The first-order valence-electron chi connectivity index (χ1n) is 5.82. The van der Waals surface area contributed by atoms with Crippen LogP contribution >= 0.6 is 11.6 Å². The Balaban J connectivity index is 2.53. The monoisotopic (exact) mass is 266 g/mol. The topological polar surface area (TPSA) is 46.5 Å². The molecular formula is C14H15ClO3.